The van der Waals surface area contributed by atoms with E-state index in [9.17, 15) is 4.79 Å². The van der Waals surface area contributed by atoms with Gasteiger partial charge < -0.3 is 14.5 Å². The molecule has 0 amide bonds. The van der Waals surface area contributed by atoms with Gasteiger partial charge in [0.1, 0.15) is 6.26 Å². The molecule has 2 rings (SSSR count). The quantitative estimate of drug-likeness (QED) is 0.729. The third-order valence-electron chi connectivity index (χ3n) is 1.61. The van der Waals surface area contributed by atoms with Crippen molar-refractivity contribution in [2.75, 3.05) is 0 Å². The van der Waals surface area contributed by atoms with Gasteiger partial charge in [-0.15, -0.1) is 0 Å². The minimum Gasteiger partial charge on any atom is -0.477 e. The average molecular weight is 211 g/mol. The van der Waals surface area contributed by atoms with Crippen LogP contribution in [0.5, 0.6) is 0 Å². The lowest BCUT2D eigenvalue weighted by Gasteiger charge is -1.97. The van der Waals surface area contributed by atoms with Gasteiger partial charge in [0.25, 0.3) is 0 Å². The largest absolute Gasteiger partial charge is 0.477 e. The third kappa shape index (κ3) is 1.23. The molecule has 14 heavy (non-hydrogen) atoms. The van der Waals surface area contributed by atoms with Crippen molar-refractivity contribution in [3.05, 3.63) is 29.1 Å². The van der Waals surface area contributed by atoms with E-state index in [1.807, 2.05) is 0 Å². The minimum atomic E-state index is -1.10. The van der Waals surface area contributed by atoms with Gasteiger partial charge in [-0.05, 0) is 12.2 Å². The van der Waals surface area contributed by atoms with E-state index in [-0.39, 0.29) is 16.5 Å². The van der Waals surface area contributed by atoms with Crippen molar-refractivity contribution in [1.29, 1.82) is 0 Å². The highest BCUT2D eigenvalue weighted by molar-refractivity contribution is 7.71. The van der Waals surface area contributed by atoms with Crippen LogP contribution in [0.3, 0.4) is 0 Å². The summed E-state index contributed by atoms with van der Waals surface area (Å²) < 4.78 is 6.38. The van der Waals surface area contributed by atoms with E-state index in [2.05, 4.69) is 9.97 Å². The maximum absolute atomic E-state index is 10.8. The van der Waals surface area contributed by atoms with Crippen molar-refractivity contribution in [2.24, 2.45) is 0 Å². The van der Waals surface area contributed by atoms with Crippen LogP contribution in [-0.2, 0) is 0 Å². The number of H-pyrrole nitrogens is 1. The van der Waals surface area contributed by atoms with Gasteiger partial charge in [-0.1, -0.05) is 0 Å². The average Bonchev–Trinajstić information content (AvgIpc) is 2.71. The summed E-state index contributed by atoms with van der Waals surface area (Å²) in [5.74, 6) is -1.10. The molecule has 0 saturated carbocycles. The summed E-state index contributed by atoms with van der Waals surface area (Å²) in [5, 5.41) is 8.82. The summed E-state index contributed by atoms with van der Waals surface area (Å²) in [4.78, 5) is 17.2. The van der Waals surface area contributed by atoms with Gasteiger partial charge in [0, 0.05) is 6.20 Å². The molecule has 0 fully saturated rings. The second kappa shape index (κ2) is 3.11. The predicted octanol–water partition coefficient (Wildman–Crippen LogP) is 1.22. The number of nitrogens with zero attached hydrogens (tertiary/aromatic N) is 2. The molecule has 0 bridgehead atoms. The molecule has 2 heterocycles. The molecule has 2 aromatic rings. The van der Waals surface area contributed by atoms with E-state index in [1.165, 1.54) is 23.2 Å². The van der Waals surface area contributed by atoms with Crippen LogP contribution in [0, 0.1) is 4.77 Å². The van der Waals surface area contributed by atoms with Crippen molar-refractivity contribution in [3.63, 3.8) is 0 Å². The first-order chi connectivity index (χ1) is 6.70. The molecule has 0 aromatic carbocycles. The molecule has 0 radical (unpaired) electrons. The summed E-state index contributed by atoms with van der Waals surface area (Å²) in [5.41, 5.74) is -0.0162. The van der Waals surface area contributed by atoms with Crippen molar-refractivity contribution < 1.29 is 14.3 Å². The number of carbonyl (C=O) groups is 1. The molecule has 2 N–H and O–H groups in total. The van der Waals surface area contributed by atoms with E-state index in [1.54, 1.807) is 0 Å². The van der Waals surface area contributed by atoms with Gasteiger partial charge in [0.2, 0.25) is 0 Å². The standard InChI is InChI=1S/C7H5N3O3S/c11-5(12)4-3-9-7(14)10(4)6-8-1-2-13-6/h1-3H,(H,9,14)(H,11,12). The normalized spacial score (nSPS) is 10.3. The number of hydrogen-bond acceptors (Lipinski definition) is 4. The van der Waals surface area contributed by atoms with Crippen LogP contribution < -0.4 is 0 Å². The number of nitrogens with one attached hydrogen (secondary N) is 1. The Kier molecular flexibility index (Phi) is 1.93. The van der Waals surface area contributed by atoms with Gasteiger partial charge in [-0.3, -0.25) is 0 Å². The van der Waals surface area contributed by atoms with Crippen LogP contribution in [0.4, 0.5) is 0 Å². The maximum Gasteiger partial charge on any atom is 0.354 e. The minimum absolute atomic E-state index is 0.0162. The van der Waals surface area contributed by atoms with Crippen LogP contribution in [0.25, 0.3) is 6.01 Å². The summed E-state index contributed by atoms with van der Waals surface area (Å²) in [6.45, 7) is 0. The fraction of sp³-hybridized carbons (Fsp3) is 0. The fourth-order valence-corrected chi connectivity index (χ4v) is 1.28. The lowest BCUT2D eigenvalue weighted by molar-refractivity contribution is 0.0687. The summed E-state index contributed by atoms with van der Waals surface area (Å²) in [6.07, 6.45) is 4.04. The summed E-state index contributed by atoms with van der Waals surface area (Å²) in [6, 6.07) is 0.133. The monoisotopic (exact) mass is 211 g/mol. The van der Waals surface area contributed by atoms with Crippen molar-refractivity contribution in [2.45, 2.75) is 0 Å². The molecule has 2 aromatic heterocycles. The van der Waals surface area contributed by atoms with Crippen molar-refractivity contribution in [3.8, 4) is 6.01 Å². The second-order valence-electron chi connectivity index (χ2n) is 2.43. The lowest BCUT2D eigenvalue weighted by atomic mass is 10.5. The van der Waals surface area contributed by atoms with E-state index < -0.39 is 5.97 Å². The number of aromatic carboxylic acids is 1. The third-order valence-corrected chi connectivity index (χ3v) is 1.91. The molecule has 7 heteroatoms. The Labute approximate surface area is 82.8 Å². The second-order valence-corrected chi connectivity index (χ2v) is 2.82. The van der Waals surface area contributed by atoms with E-state index in [0.29, 0.717) is 0 Å². The molecule has 0 saturated heterocycles. The molecule has 72 valence electrons. The number of hydrogen-bond donors (Lipinski definition) is 2. The molecule has 0 aliphatic rings. The van der Waals surface area contributed by atoms with E-state index in [0.717, 1.165) is 0 Å². The van der Waals surface area contributed by atoms with E-state index >= 15 is 0 Å². The number of aromatic amines is 1. The maximum atomic E-state index is 10.8. The highest BCUT2D eigenvalue weighted by Crippen LogP contribution is 2.10. The molecule has 0 spiro atoms. The van der Waals surface area contributed by atoms with Crippen LogP contribution in [-0.4, -0.2) is 25.6 Å². The smallest absolute Gasteiger partial charge is 0.354 e. The Morgan fingerprint density at radius 2 is 2.50 bits per heavy atom. The van der Waals surface area contributed by atoms with E-state index in [4.69, 9.17) is 21.7 Å². The number of imidazole rings is 1. The van der Waals surface area contributed by atoms with Crippen LogP contribution >= 0.6 is 12.2 Å². The zero-order chi connectivity index (χ0) is 10.1. The first kappa shape index (κ1) is 8.70. The highest BCUT2D eigenvalue weighted by Gasteiger charge is 2.15. The summed E-state index contributed by atoms with van der Waals surface area (Å²) in [7, 11) is 0. The molecule has 0 aliphatic carbocycles. The Bertz CT molecular complexity index is 511. The molecule has 0 aliphatic heterocycles. The van der Waals surface area contributed by atoms with Gasteiger partial charge >= 0.3 is 12.0 Å². The van der Waals surface area contributed by atoms with Crippen molar-refractivity contribution in [1.82, 2.24) is 14.5 Å². The Balaban J connectivity index is 2.68. The number of carboxylic acid groups (broad SMARTS) is 1. The number of carboxylic acids is 1. The number of rotatable bonds is 2. The first-order valence-corrected chi connectivity index (χ1v) is 4.04. The Morgan fingerprint density at radius 3 is 3.07 bits per heavy atom. The van der Waals surface area contributed by atoms with Gasteiger partial charge in [-0.2, -0.15) is 0 Å². The SMILES string of the molecule is O=C(O)c1c[nH]c(=S)n1-c1ncco1. The number of aromatic nitrogens is 3. The number of oxazole rings is 1. The molecule has 0 unspecified atom stereocenters. The van der Waals surface area contributed by atoms with Crippen molar-refractivity contribution >= 4 is 18.2 Å². The predicted molar refractivity (Wildman–Crippen MR) is 48.0 cm³/mol. The zero-order valence-electron chi connectivity index (χ0n) is 6.80. The molecule has 6 nitrogen and oxygen atoms in total. The Hall–Kier alpha value is -1.89. The van der Waals surface area contributed by atoms with Gasteiger partial charge in [0.05, 0.1) is 6.20 Å². The van der Waals surface area contributed by atoms with Gasteiger partial charge in [-0.25, -0.2) is 14.3 Å². The van der Waals surface area contributed by atoms with Gasteiger partial charge in [0.15, 0.2) is 10.5 Å². The highest BCUT2D eigenvalue weighted by atomic mass is 32.1. The fourth-order valence-electron chi connectivity index (χ4n) is 1.04. The molecular formula is C7H5N3O3S. The Morgan fingerprint density at radius 1 is 1.71 bits per heavy atom. The lowest BCUT2D eigenvalue weighted by Crippen LogP contribution is -2.06. The first-order valence-electron chi connectivity index (χ1n) is 3.63. The summed E-state index contributed by atoms with van der Waals surface area (Å²) >= 11 is 4.88. The van der Waals surface area contributed by atoms with Crippen LogP contribution in [0.1, 0.15) is 10.5 Å². The van der Waals surface area contributed by atoms with Crippen LogP contribution in [0.15, 0.2) is 23.1 Å². The zero-order valence-corrected chi connectivity index (χ0v) is 7.61. The topological polar surface area (TPSA) is 84.0 Å². The molecular weight excluding hydrogens is 206 g/mol. The molecule has 0 atom stereocenters. The van der Waals surface area contributed by atoms with Crippen LogP contribution in [0.2, 0.25) is 0 Å².